The Hall–Kier alpha value is -2.94. The highest BCUT2D eigenvalue weighted by Crippen LogP contribution is 2.52. The van der Waals surface area contributed by atoms with E-state index in [1.54, 1.807) is 12.1 Å². The Kier molecular flexibility index (Phi) is 5.83. The predicted molar refractivity (Wildman–Crippen MR) is 126 cm³/mol. The molecule has 2 aliphatic carbocycles. The van der Waals surface area contributed by atoms with Crippen molar-refractivity contribution in [1.82, 2.24) is 5.01 Å². The lowest BCUT2D eigenvalue weighted by molar-refractivity contribution is -0.385. The van der Waals surface area contributed by atoms with Crippen molar-refractivity contribution in [3.05, 3.63) is 78.8 Å². The van der Waals surface area contributed by atoms with E-state index in [0.29, 0.717) is 15.6 Å². The smallest absolute Gasteiger partial charge is 0.313 e. The summed E-state index contributed by atoms with van der Waals surface area (Å²) in [6.07, 6.45) is 5.96. The van der Waals surface area contributed by atoms with Gasteiger partial charge in [-0.05, 0) is 36.5 Å². The molecular weight excluding hydrogens is 505 g/mol. The van der Waals surface area contributed by atoms with Gasteiger partial charge in [0.15, 0.2) is 0 Å². The van der Waals surface area contributed by atoms with E-state index in [0.717, 1.165) is 17.5 Å². The molecule has 0 aromatic heterocycles. The van der Waals surface area contributed by atoms with Crippen molar-refractivity contribution in [3.8, 4) is 5.75 Å². The summed E-state index contributed by atoms with van der Waals surface area (Å²) in [6, 6.07) is 7.35. The van der Waals surface area contributed by atoms with E-state index in [-0.39, 0.29) is 46.6 Å². The van der Waals surface area contributed by atoms with Crippen LogP contribution in [-0.4, -0.2) is 28.0 Å². The molecule has 1 saturated carbocycles. The summed E-state index contributed by atoms with van der Waals surface area (Å²) in [5, 5.41) is 17.5. The molecule has 2 fully saturated rings. The van der Waals surface area contributed by atoms with Crippen LogP contribution in [0.3, 0.4) is 0 Å². The number of nitrogens with zero attached hydrogens (tertiary/aromatic N) is 3. The Bertz CT molecular complexity index is 1260. The van der Waals surface area contributed by atoms with Gasteiger partial charge >= 0.3 is 5.69 Å². The number of rotatable bonds is 6. The summed E-state index contributed by atoms with van der Waals surface area (Å²) in [5.74, 6) is -1.58. The highest BCUT2D eigenvalue weighted by Gasteiger charge is 2.59. The summed E-state index contributed by atoms with van der Waals surface area (Å²) in [7, 11) is 0. The van der Waals surface area contributed by atoms with Gasteiger partial charge in [-0.3, -0.25) is 19.7 Å². The molecule has 1 aliphatic heterocycles. The molecule has 4 atom stereocenters. The average Bonchev–Trinajstić information content (AvgIpc) is 3.46. The van der Waals surface area contributed by atoms with Gasteiger partial charge in [0.2, 0.25) is 5.75 Å². The molecule has 1 saturated heterocycles. The average molecular weight is 521 g/mol. The number of hydrogen-bond donors (Lipinski definition) is 0. The van der Waals surface area contributed by atoms with Crippen LogP contribution in [0.5, 0.6) is 5.75 Å². The third kappa shape index (κ3) is 3.85. The van der Waals surface area contributed by atoms with Gasteiger partial charge in [0, 0.05) is 32.3 Å². The molecule has 8 nitrogen and oxygen atoms in total. The molecule has 34 heavy (non-hydrogen) atoms. The van der Waals surface area contributed by atoms with Gasteiger partial charge in [0.05, 0.1) is 23.0 Å². The maximum Gasteiger partial charge on any atom is 0.313 e. The van der Waals surface area contributed by atoms with Gasteiger partial charge in [0.1, 0.15) is 6.61 Å². The summed E-state index contributed by atoms with van der Waals surface area (Å²) in [4.78, 5) is 36.8. The third-order valence-corrected chi connectivity index (χ3v) is 7.21. The van der Waals surface area contributed by atoms with Crippen molar-refractivity contribution in [2.75, 3.05) is 0 Å². The van der Waals surface area contributed by atoms with E-state index in [1.165, 1.54) is 18.3 Å². The molecule has 2 bridgehead atoms. The van der Waals surface area contributed by atoms with E-state index in [1.807, 2.05) is 12.2 Å². The lowest BCUT2D eigenvalue weighted by Crippen LogP contribution is -2.28. The number of imide groups is 1. The lowest BCUT2D eigenvalue weighted by Gasteiger charge is -2.13. The zero-order valence-electron chi connectivity index (χ0n) is 17.4. The van der Waals surface area contributed by atoms with E-state index >= 15 is 0 Å². The first-order valence-corrected chi connectivity index (χ1v) is 11.5. The lowest BCUT2D eigenvalue weighted by atomic mass is 9.85. The molecule has 174 valence electrons. The Morgan fingerprint density at radius 3 is 2.35 bits per heavy atom. The number of fused-ring (bicyclic) bond motifs is 5. The zero-order chi connectivity index (χ0) is 24.1. The van der Waals surface area contributed by atoms with Crippen LogP contribution in [0.1, 0.15) is 17.5 Å². The normalized spacial score (nSPS) is 25.0. The fourth-order valence-electron chi connectivity index (χ4n) is 4.90. The van der Waals surface area contributed by atoms with Gasteiger partial charge in [0.25, 0.3) is 11.8 Å². The number of allylic oxidation sites excluding steroid dienone is 2. The number of nitro benzene ring substituents is 1. The fraction of sp³-hybridized carbons (Fsp3) is 0.261. The first-order chi connectivity index (χ1) is 16.2. The topological polar surface area (TPSA) is 102 Å². The maximum atomic E-state index is 12.9. The molecule has 2 aromatic rings. The third-order valence-electron chi connectivity index (χ3n) is 6.41. The predicted octanol–water partition coefficient (Wildman–Crippen LogP) is 5.28. The van der Waals surface area contributed by atoms with Gasteiger partial charge in [-0.15, -0.1) is 0 Å². The monoisotopic (exact) mass is 519 g/mol. The van der Waals surface area contributed by atoms with Crippen molar-refractivity contribution >= 4 is 58.5 Å². The Morgan fingerprint density at radius 2 is 1.74 bits per heavy atom. The fourth-order valence-corrected chi connectivity index (χ4v) is 5.58. The zero-order valence-corrected chi connectivity index (χ0v) is 19.6. The molecule has 0 radical (unpaired) electrons. The number of benzene rings is 2. The standard InChI is InChI=1S/C23H16Cl3N3O5/c24-15-4-3-13(17(26)7-15)10-34-21-14(6-16(25)8-18(21)29(32)33)9-27-28-22(30)19-11-1-2-12(5-11)20(19)23(28)31/h1-4,6-9,11-12,19-20H,5,10H2/t11-,12-,19-,20+/m0/s1. The first-order valence-electron chi connectivity index (χ1n) is 10.4. The van der Waals surface area contributed by atoms with Crippen molar-refractivity contribution in [3.63, 3.8) is 0 Å². The van der Waals surface area contributed by atoms with Crippen molar-refractivity contribution in [2.45, 2.75) is 13.0 Å². The number of hydrazone groups is 1. The maximum absolute atomic E-state index is 12.9. The van der Waals surface area contributed by atoms with E-state index < -0.39 is 22.4 Å². The Balaban J connectivity index is 1.45. The van der Waals surface area contributed by atoms with Crippen LogP contribution >= 0.6 is 34.8 Å². The van der Waals surface area contributed by atoms with Crippen LogP contribution < -0.4 is 4.74 Å². The minimum Gasteiger partial charge on any atom is -0.481 e. The van der Waals surface area contributed by atoms with Crippen LogP contribution in [-0.2, 0) is 16.2 Å². The number of ether oxygens (including phenoxy) is 1. The number of nitro groups is 1. The number of hydrogen-bond acceptors (Lipinski definition) is 6. The van der Waals surface area contributed by atoms with Crippen molar-refractivity contribution in [2.24, 2.45) is 28.8 Å². The molecule has 0 unspecified atom stereocenters. The van der Waals surface area contributed by atoms with Gasteiger partial charge in [-0.2, -0.15) is 10.1 Å². The molecular formula is C23H16Cl3N3O5. The molecule has 0 spiro atoms. The molecule has 2 aromatic carbocycles. The van der Waals surface area contributed by atoms with Crippen LogP contribution in [0.15, 0.2) is 47.6 Å². The summed E-state index contributed by atoms with van der Waals surface area (Å²) in [5.41, 5.74) is 0.305. The van der Waals surface area contributed by atoms with Crippen molar-refractivity contribution < 1.29 is 19.2 Å². The second-order valence-electron chi connectivity index (χ2n) is 8.36. The number of amides is 2. The summed E-state index contributed by atoms with van der Waals surface area (Å²) < 4.78 is 5.76. The van der Waals surface area contributed by atoms with Crippen LogP contribution in [0.25, 0.3) is 0 Å². The largest absolute Gasteiger partial charge is 0.481 e. The summed E-state index contributed by atoms with van der Waals surface area (Å²) >= 11 is 18.2. The van der Waals surface area contributed by atoms with E-state index in [2.05, 4.69) is 5.10 Å². The minimum absolute atomic E-state index is 0.0434. The SMILES string of the molecule is O=C1[C@@H]2[C@H](C(=O)N1N=Cc1cc(Cl)cc([N+](=O)[O-])c1OCc1ccc(Cl)cc1Cl)[C@H]1C=C[C@H]2C1. The highest BCUT2D eigenvalue weighted by atomic mass is 35.5. The van der Waals surface area contributed by atoms with Crippen LogP contribution in [0.4, 0.5) is 5.69 Å². The minimum atomic E-state index is -0.637. The number of halogens is 3. The van der Waals surface area contributed by atoms with E-state index in [9.17, 15) is 19.7 Å². The van der Waals surface area contributed by atoms with Crippen LogP contribution in [0, 0.1) is 33.8 Å². The second kappa shape index (κ2) is 8.69. The molecule has 5 rings (SSSR count). The molecule has 0 N–H and O–H groups in total. The number of carbonyl (C=O) groups is 2. The van der Waals surface area contributed by atoms with Gasteiger partial charge in [-0.25, -0.2) is 0 Å². The molecule has 3 aliphatic rings. The number of carbonyl (C=O) groups excluding carboxylic acids is 2. The van der Waals surface area contributed by atoms with Crippen molar-refractivity contribution in [1.29, 1.82) is 0 Å². The highest BCUT2D eigenvalue weighted by molar-refractivity contribution is 6.35. The summed E-state index contributed by atoms with van der Waals surface area (Å²) in [6.45, 7) is -0.0972. The molecule has 2 amide bonds. The first kappa shape index (κ1) is 22.8. The van der Waals surface area contributed by atoms with Crippen LogP contribution in [0.2, 0.25) is 15.1 Å². The van der Waals surface area contributed by atoms with E-state index in [4.69, 9.17) is 39.5 Å². The second-order valence-corrected chi connectivity index (χ2v) is 9.64. The Labute approximate surface area is 208 Å². The van der Waals surface area contributed by atoms with Gasteiger partial charge in [-0.1, -0.05) is 53.0 Å². The molecule has 1 heterocycles. The Morgan fingerprint density at radius 1 is 1.06 bits per heavy atom. The quantitative estimate of drug-likeness (QED) is 0.170. The van der Waals surface area contributed by atoms with Gasteiger partial charge < -0.3 is 4.74 Å². The molecule has 11 heteroatoms.